The molecule has 1 saturated carbocycles. The predicted octanol–water partition coefficient (Wildman–Crippen LogP) is 1.74. The molecule has 1 aliphatic carbocycles. The number of pyridine rings is 1. The molecule has 0 aliphatic heterocycles. The number of hydrogen-bond donors (Lipinski definition) is 2. The monoisotopic (exact) mass is 359 g/mol. The molecule has 1 aliphatic rings. The molecule has 26 heavy (non-hydrogen) atoms. The first-order valence-electron chi connectivity index (χ1n) is 8.63. The van der Waals surface area contributed by atoms with Crippen LogP contribution in [0.15, 0.2) is 35.3 Å². The van der Waals surface area contributed by atoms with E-state index < -0.39 is 5.67 Å². The number of likely N-dealkylation sites (N-methyl/N-ethyl adjacent to an activating group) is 1. The van der Waals surface area contributed by atoms with Gasteiger partial charge in [-0.1, -0.05) is 0 Å². The van der Waals surface area contributed by atoms with Crippen LogP contribution in [0.25, 0.3) is 11.3 Å². The van der Waals surface area contributed by atoms with E-state index in [1.165, 1.54) is 6.07 Å². The first kappa shape index (κ1) is 18.0. The van der Waals surface area contributed by atoms with Gasteiger partial charge >= 0.3 is 0 Å². The van der Waals surface area contributed by atoms with Gasteiger partial charge in [-0.3, -0.25) is 9.59 Å². The number of rotatable bonds is 6. The van der Waals surface area contributed by atoms with Crippen molar-refractivity contribution in [2.45, 2.75) is 44.9 Å². The molecule has 0 saturated heterocycles. The molecule has 2 N–H and O–H groups in total. The molecule has 138 valence electrons. The number of halogens is 1. The standard InChI is InChI=1S/C18H22FN5O2/c1-3-20-16(25)11-24-17(26)7-5-14(23-24)12-4-6-15(21-10-12)22-13-8-18(2,19)9-13/h4-7,10,13H,3,8-9,11H2,1-2H3,(H,20,25)(H,21,22). The molecule has 0 aromatic carbocycles. The van der Waals surface area contributed by atoms with E-state index in [4.69, 9.17) is 0 Å². The fourth-order valence-corrected chi connectivity index (χ4v) is 3.01. The Bertz CT molecular complexity index is 839. The van der Waals surface area contributed by atoms with Crippen LogP contribution in [-0.2, 0) is 11.3 Å². The number of nitrogens with one attached hydrogen (secondary N) is 2. The minimum absolute atomic E-state index is 0.0976. The lowest BCUT2D eigenvalue weighted by atomic mass is 9.79. The van der Waals surface area contributed by atoms with Crippen LogP contribution >= 0.6 is 0 Å². The Kier molecular flexibility index (Phi) is 5.01. The van der Waals surface area contributed by atoms with Crippen LogP contribution in [0.3, 0.4) is 0 Å². The van der Waals surface area contributed by atoms with Gasteiger partial charge < -0.3 is 10.6 Å². The lowest BCUT2D eigenvalue weighted by Gasteiger charge is -2.39. The number of aromatic nitrogens is 3. The smallest absolute Gasteiger partial charge is 0.267 e. The summed E-state index contributed by atoms with van der Waals surface area (Å²) in [4.78, 5) is 27.9. The minimum atomic E-state index is -1.08. The summed E-state index contributed by atoms with van der Waals surface area (Å²) in [6.07, 6.45) is 2.59. The van der Waals surface area contributed by atoms with Crippen molar-refractivity contribution in [3.05, 3.63) is 40.8 Å². The molecule has 2 aromatic rings. The summed E-state index contributed by atoms with van der Waals surface area (Å²) < 4.78 is 14.7. The molecule has 3 rings (SSSR count). The zero-order valence-electron chi connectivity index (χ0n) is 14.8. The minimum Gasteiger partial charge on any atom is -0.367 e. The van der Waals surface area contributed by atoms with Gasteiger partial charge in [-0.05, 0) is 32.0 Å². The van der Waals surface area contributed by atoms with E-state index in [0.29, 0.717) is 30.9 Å². The molecular formula is C18H22FN5O2. The molecule has 2 aromatic heterocycles. The molecule has 0 spiro atoms. The van der Waals surface area contributed by atoms with E-state index >= 15 is 0 Å². The molecule has 0 bridgehead atoms. The molecule has 1 amide bonds. The number of anilines is 1. The van der Waals surface area contributed by atoms with E-state index in [-0.39, 0.29) is 24.1 Å². The van der Waals surface area contributed by atoms with Gasteiger partial charge in [-0.15, -0.1) is 0 Å². The number of nitrogens with zero attached hydrogens (tertiary/aromatic N) is 3. The van der Waals surface area contributed by atoms with E-state index in [1.807, 2.05) is 13.0 Å². The van der Waals surface area contributed by atoms with E-state index in [1.54, 1.807) is 25.3 Å². The summed E-state index contributed by atoms with van der Waals surface area (Å²) in [7, 11) is 0. The second-order valence-electron chi connectivity index (χ2n) is 6.76. The normalized spacial score (nSPS) is 21.7. The Morgan fingerprint density at radius 2 is 2.12 bits per heavy atom. The van der Waals surface area contributed by atoms with E-state index in [0.717, 1.165) is 10.2 Å². The highest BCUT2D eigenvalue weighted by atomic mass is 19.1. The maximum atomic E-state index is 13.5. The third kappa shape index (κ3) is 4.25. The molecule has 8 heteroatoms. The van der Waals surface area contributed by atoms with Gasteiger partial charge in [0.2, 0.25) is 5.91 Å². The Labute approximate surface area is 150 Å². The second kappa shape index (κ2) is 7.23. The van der Waals surface area contributed by atoms with Crippen LogP contribution in [-0.4, -0.2) is 38.9 Å². The number of carbonyl (C=O) groups is 1. The van der Waals surface area contributed by atoms with Crippen LogP contribution < -0.4 is 16.2 Å². The molecule has 0 unspecified atom stereocenters. The van der Waals surface area contributed by atoms with Gasteiger partial charge in [-0.25, -0.2) is 14.1 Å². The first-order valence-corrected chi connectivity index (χ1v) is 8.63. The fourth-order valence-electron chi connectivity index (χ4n) is 3.01. The van der Waals surface area contributed by atoms with Gasteiger partial charge in [0, 0.05) is 43.3 Å². The Hall–Kier alpha value is -2.77. The number of hydrogen-bond acceptors (Lipinski definition) is 5. The van der Waals surface area contributed by atoms with Crippen molar-refractivity contribution in [3.8, 4) is 11.3 Å². The van der Waals surface area contributed by atoms with E-state index in [9.17, 15) is 14.0 Å². The zero-order chi connectivity index (χ0) is 18.7. The molecule has 7 nitrogen and oxygen atoms in total. The maximum Gasteiger partial charge on any atom is 0.267 e. The maximum absolute atomic E-state index is 13.5. The van der Waals surface area contributed by atoms with Crippen molar-refractivity contribution >= 4 is 11.7 Å². The quantitative estimate of drug-likeness (QED) is 0.820. The molecule has 1 fully saturated rings. The van der Waals surface area contributed by atoms with Crippen molar-refractivity contribution in [2.24, 2.45) is 0 Å². The van der Waals surface area contributed by atoms with Gasteiger partial charge in [0.15, 0.2) is 0 Å². The predicted molar refractivity (Wildman–Crippen MR) is 96.6 cm³/mol. The molecule has 2 heterocycles. The number of amides is 1. The van der Waals surface area contributed by atoms with Gasteiger partial charge in [0.25, 0.3) is 5.56 Å². The largest absolute Gasteiger partial charge is 0.367 e. The zero-order valence-corrected chi connectivity index (χ0v) is 14.8. The number of carbonyl (C=O) groups excluding carboxylic acids is 1. The van der Waals surface area contributed by atoms with Crippen molar-refractivity contribution in [1.29, 1.82) is 0 Å². The molecule has 0 radical (unpaired) electrons. The molecule has 0 atom stereocenters. The van der Waals surface area contributed by atoms with Crippen molar-refractivity contribution in [2.75, 3.05) is 11.9 Å². The lowest BCUT2D eigenvalue weighted by Crippen LogP contribution is -2.45. The van der Waals surface area contributed by atoms with Gasteiger partial charge in [0.1, 0.15) is 18.0 Å². The highest BCUT2D eigenvalue weighted by molar-refractivity contribution is 5.75. The lowest BCUT2D eigenvalue weighted by molar-refractivity contribution is -0.121. The molecular weight excluding hydrogens is 337 g/mol. The summed E-state index contributed by atoms with van der Waals surface area (Å²) in [5.41, 5.74) is -0.151. The average molecular weight is 359 g/mol. The van der Waals surface area contributed by atoms with Crippen molar-refractivity contribution in [1.82, 2.24) is 20.1 Å². The first-order chi connectivity index (χ1) is 12.4. The summed E-state index contributed by atoms with van der Waals surface area (Å²) in [5, 5.41) is 10.1. The Morgan fingerprint density at radius 1 is 1.35 bits per heavy atom. The summed E-state index contributed by atoms with van der Waals surface area (Å²) in [5.74, 6) is 0.405. The highest BCUT2D eigenvalue weighted by Crippen LogP contribution is 2.37. The van der Waals surface area contributed by atoms with Crippen LogP contribution in [0, 0.1) is 0 Å². The summed E-state index contributed by atoms with van der Waals surface area (Å²) >= 11 is 0. The Morgan fingerprint density at radius 3 is 2.73 bits per heavy atom. The highest BCUT2D eigenvalue weighted by Gasteiger charge is 2.40. The van der Waals surface area contributed by atoms with Crippen LogP contribution in [0.4, 0.5) is 10.2 Å². The topological polar surface area (TPSA) is 88.9 Å². The van der Waals surface area contributed by atoms with Gasteiger partial charge in [0.05, 0.1) is 5.69 Å². The Balaban J connectivity index is 1.70. The summed E-state index contributed by atoms with van der Waals surface area (Å²) in [6.45, 7) is 3.78. The van der Waals surface area contributed by atoms with Crippen LogP contribution in [0.2, 0.25) is 0 Å². The van der Waals surface area contributed by atoms with Crippen molar-refractivity contribution < 1.29 is 9.18 Å². The third-order valence-electron chi connectivity index (χ3n) is 4.29. The van der Waals surface area contributed by atoms with Crippen LogP contribution in [0.5, 0.6) is 0 Å². The number of alkyl halides is 1. The van der Waals surface area contributed by atoms with Crippen molar-refractivity contribution in [3.63, 3.8) is 0 Å². The van der Waals surface area contributed by atoms with Crippen LogP contribution in [0.1, 0.15) is 26.7 Å². The van der Waals surface area contributed by atoms with Gasteiger partial charge in [-0.2, -0.15) is 5.10 Å². The SMILES string of the molecule is CCNC(=O)Cn1nc(-c2ccc(NC3CC(C)(F)C3)nc2)ccc1=O. The average Bonchev–Trinajstić information content (AvgIpc) is 2.56. The summed E-state index contributed by atoms with van der Waals surface area (Å²) in [6, 6.07) is 6.70. The van der Waals surface area contributed by atoms with E-state index in [2.05, 4.69) is 20.7 Å². The second-order valence-corrected chi connectivity index (χ2v) is 6.76. The fraction of sp³-hybridized carbons (Fsp3) is 0.444. The third-order valence-corrected chi connectivity index (χ3v) is 4.29.